The van der Waals surface area contributed by atoms with Crippen molar-refractivity contribution in [2.75, 3.05) is 0 Å². The van der Waals surface area contributed by atoms with Gasteiger partial charge in [0, 0.05) is 30.4 Å². The third-order valence-electron chi connectivity index (χ3n) is 7.06. The maximum Gasteiger partial charge on any atom is 0.136 e. The molecule has 0 atom stereocenters. The SMILES string of the molecule is Cc1c(O)cc(-c2ccc(-c3ccnn3C(C)C)c(C(C)(C)C)c2)n1CC1CCCCC1. The molecule has 3 aromatic rings. The van der Waals surface area contributed by atoms with Gasteiger partial charge in [-0.3, -0.25) is 4.68 Å². The molecule has 1 aromatic carbocycles. The summed E-state index contributed by atoms with van der Waals surface area (Å²) < 4.78 is 4.46. The van der Waals surface area contributed by atoms with E-state index in [0.717, 1.165) is 23.6 Å². The van der Waals surface area contributed by atoms with Gasteiger partial charge in [0.15, 0.2) is 0 Å². The first-order chi connectivity index (χ1) is 15.2. The molecule has 0 radical (unpaired) electrons. The molecule has 0 unspecified atom stereocenters. The van der Waals surface area contributed by atoms with Crippen LogP contribution in [0.15, 0.2) is 36.5 Å². The number of nitrogens with zero attached hydrogens (tertiary/aromatic N) is 3. The van der Waals surface area contributed by atoms with Crippen LogP contribution in [0.5, 0.6) is 5.75 Å². The summed E-state index contributed by atoms with van der Waals surface area (Å²) in [6.07, 6.45) is 8.51. The van der Waals surface area contributed by atoms with Crippen LogP contribution >= 0.6 is 0 Å². The van der Waals surface area contributed by atoms with Crippen LogP contribution in [0.1, 0.15) is 84.0 Å². The minimum atomic E-state index is -0.0185. The van der Waals surface area contributed by atoms with Gasteiger partial charge in [0.1, 0.15) is 5.75 Å². The maximum absolute atomic E-state index is 10.6. The normalized spacial score (nSPS) is 15.6. The third-order valence-corrected chi connectivity index (χ3v) is 7.06. The van der Waals surface area contributed by atoms with E-state index in [1.54, 1.807) is 0 Å². The minimum Gasteiger partial charge on any atom is -0.506 e. The van der Waals surface area contributed by atoms with Gasteiger partial charge < -0.3 is 9.67 Å². The minimum absolute atomic E-state index is 0.0185. The molecule has 172 valence electrons. The summed E-state index contributed by atoms with van der Waals surface area (Å²) in [4.78, 5) is 0. The second-order valence-corrected chi connectivity index (χ2v) is 10.9. The van der Waals surface area contributed by atoms with Gasteiger partial charge in [-0.05, 0) is 68.2 Å². The fourth-order valence-electron chi connectivity index (χ4n) is 5.22. The molecule has 1 fully saturated rings. The second-order valence-electron chi connectivity index (χ2n) is 10.9. The Balaban J connectivity index is 1.80. The molecule has 0 bridgehead atoms. The fourth-order valence-corrected chi connectivity index (χ4v) is 5.22. The van der Waals surface area contributed by atoms with Crippen LogP contribution in [-0.4, -0.2) is 19.5 Å². The van der Waals surface area contributed by atoms with Crippen molar-refractivity contribution in [2.24, 2.45) is 5.92 Å². The standard InChI is InChI=1S/C28H39N3O/c1-19(2)31-25(14-15-29-31)23-13-12-22(16-24(23)28(4,5)6)26-17-27(32)20(3)30(26)18-21-10-8-7-9-11-21/h12-17,19,21,32H,7-11,18H2,1-6H3. The van der Waals surface area contributed by atoms with Crippen molar-refractivity contribution in [1.82, 2.24) is 14.3 Å². The molecule has 1 saturated carbocycles. The highest BCUT2D eigenvalue weighted by Gasteiger charge is 2.24. The molecule has 1 aliphatic rings. The quantitative estimate of drug-likeness (QED) is 0.453. The molecule has 0 spiro atoms. The lowest BCUT2D eigenvalue weighted by molar-refractivity contribution is 0.318. The van der Waals surface area contributed by atoms with Crippen molar-refractivity contribution in [2.45, 2.75) is 91.6 Å². The molecule has 4 rings (SSSR count). The second kappa shape index (κ2) is 8.80. The Labute approximate surface area is 193 Å². The smallest absolute Gasteiger partial charge is 0.136 e. The number of hydrogen-bond acceptors (Lipinski definition) is 2. The van der Waals surface area contributed by atoms with Crippen LogP contribution in [0.4, 0.5) is 0 Å². The van der Waals surface area contributed by atoms with E-state index in [1.165, 1.54) is 48.8 Å². The van der Waals surface area contributed by atoms with Gasteiger partial charge in [-0.15, -0.1) is 0 Å². The topological polar surface area (TPSA) is 43.0 Å². The Kier molecular flexibility index (Phi) is 6.24. The summed E-state index contributed by atoms with van der Waals surface area (Å²) >= 11 is 0. The van der Waals surface area contributed by atoms with E-state index in [1.807, 2.05) is 19.2 Å². The predicted octanol–water partition coefficient (Wildman–Crippen LogP) is 7.49. The highest BCUT2D eigenvalue weighted by atomic mass is 16.3. The van der Waals surface area contributed by atoms with Crippen molar-refractivity contribution >= 4 is 0 Å². The van der Waals surface area contributed by atoms with Crippen LogP contribution < -0.4 is 0 Å². The van der Waals surface area contributed by atoms with Crippen molar-refractivity contribution < 1.29 is 5.11 Å². The summed E-state index contributed by atoms with van der Waals surface area (Å²) in [7, 11) is 0. The highest BCUT2D eigenvalue weighted by molar-refractivity contribution is 5.73. The molecule has 2 heterocycles. The van der Waals surface area contributed by atoms with Gasteiger partial charge in [-0.2, -0.15) is 5.10 Å². The summed E-state index contributed by atoms with van der Waals surface area (Å²) in [5.41, 5.74) is 6.96. The predicted molar refractivity (Wildman–Crippen MR) is 133 cm³/mol. The first kappa shape index (κ1) is 22.7. The highest BCUT2D eigenvalue weighted by Crippen LogP contribution is 2.39. The Bertz CT molecular complexity index is 1070. The lowest BCUT2D eigenvalue weighted by Gasteiger charge is -2.26. The molecule has 1 N–H and O–H groups in total. The average molecular weight is 434 g/mol. The summed E-state index contributed by atoms with van der Waals surface area (Å²) in [6, 6.07) is 11.2. The van der Waals surface area contributed by atoms with Crippen LogP contribution in [-0.2, 0) is 12.0 Å². The van der Waals surface area contributed by atoms with E-state index in [0.29, 0.717) is 17.7 Å². The van der Waals surface area contributed by atoms with Gasteiger partial charge in [0.25, 0.3) is 0 Å². The number of rotatable bonds is 5. The van der Waals surface area contributed by atoms with E-state index in [9.17, 15) is 5.11 Å². The first-order valence-electron chi connectivity index (χ1n) is 12.2. The molecule has 0 amide bonds. The summed E-state index contributed by atoms with van der Waals surface area (Å²) in [5.74, 6) is 1.10. The summed E-state index contributed by atoms with van der Waals surface area (Å²) in [6.45, 7) is 14.2. The van der Waals surface area contributed by atoms with E-state index in [2.05, 4.69) is 73.2 Å². The van der Waals surface area contributed by atoms with Crippen molar-refractivity contribution in [3.63, 3.8) is 0 Å². The number of aromatic nitrogens is 3. The monoisotopic (exact) mass is 433 g/mol. The molecule has 1 aliphatic carbocycles. The van der Waals surface area contributed by atoms with E-state index in [4.69, 9.17) is 0 Å². The average Bonchev–Trinajstić information content (AvgIpc) is 3.35. The lowest BCUT2D eigenvalue weighted by atomic mass is 9.81. The lowest BCUT2D eigenvalue weighted by Crippen LogP contribution is -2.16. The number of hydrogen-bond donors (Lipinski definition) is 1. The van der Waals surface area contributed by atoms with Gasteiger partial charge >= 0.3 is 0 Å². The zero-order valence-corrected chi connectivity index (χ0v) is 20.7. The van der Waals surface area contributed by atoms with Gasteiger partial charge in [0.05, 0.1) is 17.1 Å². The zero-order valence-electron chi connectivity index (χ0n) is 20.7. The van der Waals surface area contributed by atoms with E-state index in [-0.39, 0.29) is 5.41 Å². The Morgan fingerprint density at radius 1 is 1.03 bits per heavy atom. The van der Waals surface area contributed by atoms with E-state index < -0.39 is 0 Å². The molecule has 0 aliphatic heterocycles. The van der Waals surface area contributed by atoms with Crippen LogP contribution in [0.2, 0.25) is 0 Å². The molecular formula is C28H39N3O. The molecule has 4 nitrogen and oxygen atoms in total. The number of benzene rings is 1. The Morgan fingerprint density at radius 3 is 2.41 bits per heavy atom. The summed E-state index contributed by atoms with van der Waals surface area (Å²) in [5, 5.41) is 15.2. The molecule has 4 heteroatoms. The van der Waals surface area contributed by atoms with Crippen LogP contribution in [0.25, 0.3) is 22.5 Å². The van der Waals surface area contributed by atoms with Crippen LogP contribution in [0.3, 0.4) is 0 Å². The number of aromatic hydroxyl groups is 1. The van der Waals surface area contributed by atoms with E-state index >= 15 is 0 Å². The fraction of sp³-hybridized carbons (Fsp3) is 0.536. The van der Waals surface area contributed by atoms with Crippen molar-refractivity contribution in [1.29, 1.82) is 0 Å². The Morgan fingerprint density at radius 2 is 1.75 bits per heavy atom. The molecule has 32 heavy (non-hydrogen) atoms. The molecular weight excluding hydrogens is 394 g/mol. The molecule has 2 aromatic heterocycles. The first-order valence-corrected chi connectivity index (χ1v) is 12.2. The third kappa shape index (κ3) is 4.37. The van der Waals surface area contributed by atoms with Crippen molar-refractivity contribution in [3.8, 4) is 28.3 Å². The maximum atomic E-state index is 10.6. The van der Waals surface area contributed by atoms with Crippen molar-refractivity contribution in [3.05, 3.63) is 47.8 Å². The van der Waals surface area contributed by atoms with Gasteiger partial charge in [-0.1, -0.05) is 52.2 Å². The molecule has 0 saturated heterocycles. The largest absolute Gasteiger partial charge is 0.506 e. The van der Waals surface area contributed by atoms with Gasteiger partial charge in [0.2, 0.25) is 0 Å². The zero-order chi connectivity index (χ0) is 23.0. The Hall–Kier alpha value is -2.49. The van der Waals surface area contributed by atoms with Crippen LogP contribution in [0, 0.1) is 12.8 Å². The van der Waals surface area contributed by atoms with Gasteiger partial charge in [-0.25, -0.2) is 0 Å².